The van der Waals surface area contributed by atoms with Crippen LogP contribution in [0.25, 0.3) is 0 Å². The van der Waals surface area contributed by atoms with Crippen LogP contribution in [-0.2, 0) is 13.0 Å². The lowest BCUT2D eigenvalue weighted by atomic mass is 10.1. The third-order valence-electron chi connectivity index (χ3n) is 3.41. The van der Waals surface area contributed by atoms with Crippen LogP contribution in [0.15, 0.2) is 12.4 Å². The summed E-state index contributed by atoms with van der Waals surface area (Å²) < 4.78 is 2.18. The van der Waals surface area contributed by atoms with E-state index < -0.39 is 0 Å². The van der Waals surface area contributed by atoms with Gasteiger partial charge in [0.05, 0.1) is 6.10 Å². The molecule has 0 saturated heterocycles. The average Bonchev–Trinajstić information content (AvgIpc) is 2.57. The van der Waals surface area contributed by atoms with Gasteiger partial charge in [0.2, 0.25) is 0 Å². The molecule has 1 aromatic heterocycles. The summed E-state index contributed by atoms with van der Waals surface area (Å²) in [6.45, 7) is 2.72. The molecule has 2 rings (SSSR count). The average molecular weight is 222 g/mol. The minimum absolute atomic E-state index is 0.213. The van der Waals surface area contributed by atoms with Gasteiger partial charge < -0.3 is 15.4 Å². The van der Waals surface area contributed by atoms with Crippen LogP contribution in [0, 0.1) is 0 Å². The van der Waals surface area contributed by atoms with E-state index in [4.69, 9.17) is 5.73 Å². The molecular formula is C13H22N2O. The lowest BCUT2D eigenvalue weighted by Crippen LogP contribution is -2.09. The summed E-state index contributed by atoms with van der Waals surface area (Å²) in [5, 5.41) is 9.28. The van der Waals surface area contributed by atoms with Crippen molar-refractivity contribution in [1.82, 2.24) is 4.57 Å². The fraction of sp³-hybridized carbons (Fsp3) is 0.692. The first-order valence-electron chi connectivity index (χ1n) is 6.29. The third-order valence-corrected chi connectivity index (χ3v) is 3.41. The second kappa shape index (κ2) is 5.02. The number of nitrogens with zero attached hydrogens (tertiary/aromatic N) is 1. The van der Waals surface area contributed by atoms with Crippen molar-refractivity contribution < 1.29 is 5.11 Å². The first-order chi connectivity index (χ1) is 7.66. The number of fused-ring (bicyclic) bond motifs is 1. The van der Waals surface area contributed by atoms with Crippen molar-refractivity contribution in [2.24, 2.45) is 5.73 Å². The molecule has 3 heteroatoms. The van der Waals surface area contributed by atoms with Crippen LogP contribution >= 0.6 is 0 Å². The van der Waals surface area contributed by atoms with E-state index in [0.29, 0.717) is 0 Å². The first kappa shape index (κ1) is 11.7. The number of aliphatic hydroxyl groups excluding tert-OH is 1. The molecule has 2 unspecified atom stereocenters. The summed E-state index contributed by atoms with van der Waals surface area (Å²) in [6, 6.07) is 0.213. The lowest BCUT2D eigenvalue weighted by molar-refractivity contribution is 0.178. The Hall–Kier alpha value is -0.800. The second-order valence-electron chi connectivity index (χ2n) is 4.97. The predicted octanol–water partition coefficient (Wildman–Crippen LogP) is 1.99. The molecule has 1 heterocycles. The Bertz CT molecular complexity index is 344. The predicted molar refractivity (Wildman–Crippen MR) is 65.2 cm³/mol. The van der Waals surface area contributed by atoms with Crippen LogP contribution in [0.1, 0.15) is 49.8 Å². The molecule has 0 fully saturated rings. The summed E-state index contributed by atoms with van der Waals surface area (Å²) in [7, 11) is 0. The van der Waals surface area contributed by atoms with Crippen molar-refractivity contribution in [2.45, 2.75) is 57.7 Å². The summed E-state index contributed by atoms with van der Waals surface area (Å²) in [5.41, 5.74) is 8.89. The van der Waals surface area contributed by atoms with Crippen LogP contribution < -0.4 is 5.73 Å². The van der Waals surface area contributed by atoms with Gasteiger partial charge in [0.25, 0.3) is 0 Å². The van der Waals surface area contributed by atoms with Crippen molar-refractivity contribution in [2.75, 3.05) is 0 Å². The van der Waals surface area contributed by atoms with Crippen LogP contribution in [0.3, 0.4) is 0 Å². The van der Waals surface area contributed by atoms with E-state index in [1.165, 1.54) is 24.0 Å². The summed E-state index contributed by atoms with van der Waals surface area (Å²) in [6.07, 6.45) is 9.72. The van der Waals surface area contributed by atoms with E-state index in [0.717, 1.165) is 25.8 Å². The molecule has 1 aromatic rings. The van der Waals surface area contributed by atoms with Gasteiger partial charge >= 0.3 is 0 Å². The van der Waals surface area contributed by atoms with E-state index in [1.807, 2.05) is 6.92 Å². The molecule has 0 aliphatic heterocycles. The molecule has 3 nitrogen and oxygen atoms in total. The molecule has 0 bridgehead atoms. The highest BCUT2D eigenvalue weighted by Crippen LogP contribution is 2.27. The topological polar surface area (TPSA) is 51.2 Å². The minimum Gasteiger partial charge on any atom is -0.393 e. The number of hydrogen-bond acceptors (Lipinski definition) is 2. The number of nitrogens with two attached hydrogens (primary N) is 1. The van der Waals surface area contributed by atoms with E-state index >= 15 is 0 Å². The Morgan fingerprint density at radius 3 is 3.06 bits per heavy atom. The summed E-state index contributed by atoms with van der Waals surface area (Å²) in [4.78, 5) is 0. The standard InChI is InChI=1S/C13H22N2O/c1-10(16)6-7-15-8-11-4-2-3-5-13(14)12(11)9-15/h8-10,13,16H,2-7,14H2,1H3. The van der Waals surface area contributed by atoms with Gasteiger partial charge in [0, 0.05) is 25.0 Å². The second-order valence-corrected chi connectivity index (χ2v) is 4.97. The monoisotopic (exact) mass is 222 g/mol. The van der Waals surface area contributed by atoms with Gasteiger partial charge in [-0.25, -0.2) is 0 Å². The number of aryl methyl sites for hydroxylation is 2. The summed E-state index contributed by atoms with van der Waals surface area (Å²) >= 11 is 0. The van der Waals surface area contributed by atoms with E-state index in [9.17, 15) is 5.11 Å². The minimum atomic E-state index is -0.226. The van der Waals surface area contributed by atoms with Gasteiger partial charge in [-0.3, -0.25) is 0 Å². The van der Waals surface area contributed by atoms with Crippen molar-refractivity contribution in [1.29, 1.82) is 0 Å². The maximum atomic E-state index is 9.28. The fourth-order valence-corrected chi connectivity index (χ4v) is 2.42. The molecule has 0 saturated carbocycles. The fourth-order valence-electron chi connectivity index (χ4n) is 2.42. The SMILES string of the molecule is CC(O)CCn1cc2c(c1)C(N)CCCC2. The van der Waals surface area contributed by atoms with Gasteiger partial charge in [0.1, 0.15) is 0 Å². The Morgan fingerprint density at radius 2 is 2.31 bits per heavy atom. The van der Waals surface area contributed by atoms with Crippen molar-refractivity contribution in [3.8, 4) is 0 Å². The number of aromatic nitrogens is 1. The Labute approximate surface area is 97.3 Å². The number of hydrogen-bond donors (Lipinski definition) is 2. The molecule has 1 aliphatic rings. The highest BCUT2D eigenvalue weighted by molar-refractivity contribution is 5.28. The third kappa shape index (κ3) is 2.66. The maximum absolute atomic E-state index is 9.28. The molecule has 16 heavy (non-hydrogen) atoms. The molecule has 0 amide bonds. The number of rotatable bonds is 3. The molecular weight excluding hydrogens is 200 g/mol. The van der Waals surface area contributed by atoms with Crippen molar-refractivity contribution >= 4 is 0 Å². The van der Waals surface area contributed by atoms with E-state index in [1.54, 1.807) is 0 Å². The number of aliphatic hydroxyl groups is 1. The summed E-state index contributed by atoms with van der Waals surface area (Å²) in [5.74, 6) is 0. The van der Waals surface area contributed by atoms with Crippen LogP contribution in [-0.4, -0.2) is 15.8 Å². The molecule has 90 valence electrons. The molecule has 2 atom stereocenters. The van der Waals surface area contributed by atoms with Crippen molar-refractivity contribution in [3.63, 3.8) is 0 Å². The molecule has 0 spiro atoms. The van der Waals surface area contributed by atoms with E-state index in [2.05, 4.69) is 17.0 Å². The molecule has 3 N–H and O–H groups in total. The van der Waals surface area contributed by atoms with Gasteiger partial charge in [-0.1, -0.05) is 6.42 Å². The molecule has 1 aliphatic carbocycles. The van der Waals surface area contributed by atoms with Gasteiger partial charge in [-0.05, 0) is 43.7 Å². The van der Waals surface area contributed by atoms with E-state index in [-0.39, 0.29) is 12.1 Å². The van der Waals surface area contributed by atoms with Gasteiger partial charge in [0.15, 0.2) is 0 Å². The molecule has 0 radical (unpaired) electrons. The zero-order chi connectivity index (χ0) is 11.5. The lowest BCUT2D eigenvalue weighted by Gasteiger charge is -2.08. The Balaban J connectivity index is 2.09. The van der Waals surface area contributed by atoms with Crippen molar-refractivity contribution in [3.05, 3.63) is 23.5 Å². The largest absolute Gasteiger partial charge is 0.393 e. The van der Waals surface area contributed by atoms with Gasteiger partial charge in [-0.15, -0.1) is 0 Å². The smallest absolute Gasteiger partial charge is 0.0529 e. The van der Waals surface area contributed by atoms with Crippen LogP contribution in [0.4, 0.5) is 0 Å². The maximum Gasteiger partial charge on any atom is 0.0529 e. The zero-order valence-corrected chi connectivity index (χ0v) is 10.0. The first-order valence-corrected chi connectivity index (χ1v) is 6.29. The molecule has 0 aromatic carbocycles. The highest BCUT2D eigenvalue weighted by Gasteiger charge is 2.17. The Morgan fingerprint density at radius 1 is 1.50 bits per heavy atom. The normalized spacial score (nSPS) is 22.6. The quantitative estimate of drug-likeness (QED) is 0.768. The van der Waals surface area contributed by atoms with Crippen LogP contribution in [0.5, 0.6) is 0 Å². The van der Waals surface area contributed by atoms with Gasteiger partial charge in [-0.2, -0.15) is 0 Å². The highest BCUT2D eigenvalue weighted by atomic mass is 16.3. The van der Waals surface area contributed by atoms with Crippen LogP contribution in [0.2, 0.25) is 0 Å². The zero-order valence-electron chi connectivity index (χ0n) is 10.0. The Kier molecular flexibility index (Phi) is 3.66.